The lowest BCUT2D eigenvalue weighted by molar-refractivity contribution is -0.137. The molecule has 2 rings (SSSR count). The van der Waals surface area contributed by atoms with Crippen LogP contribution in [0.2, 0.25) is 0 Å². The first-order chi connectivity index (χ1) is 10.9. The average Bonchev–Trinajstić information content (AvgIpc) is 2.54. The Labute approximate surface area is 137 Å². The first-order valence-electron chi connectivity index (χ1n) is 7.69. The van der Waals surface area contributed by atoms with Crippen LogP contribution in [0, 0.1) is 5.92 Å². The molecule has 5 heteroatoms. The topological polar surface area (TPSA) is 60.5 Å². The van der Waals surface area contributed by atoms with Crippen molar-refractivity contribution in [3.8, 4) is 5.75 Å². The van der Waals surface area contributed by atoms with Crippen molar-refractivity contribution in [1.82, 2.24) is 4.98 Å². The maximum atomic E-state index is 12.7. The van der Waals surface area contributed by atoms with Crippen LogP contribution in [0.3, 0.4) is 0 Å². The van der Waals surface area contributed by atoms with Gasteiger partial charge in [-0.25, -0.2) is 0 Å². The molecule has 0 bridgehead atoms. The van der Waals surface area contributed by atoms with Gasteiger partial charge in [0.15, 0.2) is 0 Å². The zero-order valence-electron chi connectivity index (χ0n) is 14.3. The number of anilines is 1. The highest BCUT2D eigenvalue weighted by Gasteiger charge is 2.34. The van der Waals surface area contributed by atoms with Gasteiger partial charge in [0.05, 0.1) is 12.8 Å². The van der Waals surface area contributed by atoms with Gasteiger partial charge >= 0.3 is 0 Å². The molecule has 1 N–H and O–H groups in total. The summed E-state index contributed by atoms with van der Waals surface area (Å²) in [6, 6.07) is 7.37. The summed E-state index contributed by atoms with van der Waals surface area (Å²) in [6.07, 6.45) is 2.34. The molecular formula is C18H24N2O3. The van der Waals surface area contributed by atoms with E-state index in [1.165, 1.54) is 0 Å². The van der Waals surface area contributed by atoms with Crippen LogP contribution in [0.4, 0.5) is 5.69 Å². The Kier molecular flexibility index (Phi) is 5.21. The van der Waals surface area contributed by atoms with Gasteiger partial charge in [-0.3, -0.25) is 9.78 Å². The van der Waals surface area contributed by atoms with Gasteiger partial charge in [-0.15, -0.1) is 0 Å². The van der Waals surface area contributed by atoms with E-state index < -0.39 is 5.60 Å². The number of nitrogens with zero attached hydrogens (tertiary/aromatic N) is 1. The van der Waals surface area contributed by atoms with Crippen LogP contribution in [0.15, 0.2) is 30.5 Å². The molecule has 1 amide bonds. The first-order valence-corrected chi connectivity index (χ1v) is 7.69. The minimum absolute atomic E-state index is 0.163. The third-order valence-corrected chi connectivity index (χ3v) is 3.93. The number of hydrogen-bond donors (Lipinski definition) is 1. The highest BCUT2D eigenvalue weighted by molar-refractivity contribution is 6.05. The number of carbonyl (C=O) groups is 1. The van der Waals surface area contributed by atoms with Gasteiger partial charge in [0.1, 0.15) is 16.9 Å². The maximum absolute atomic E-state index is 12.7. The maximum Gasteiger partial charge on any atom is 0.256 e. The molecule has 0 aliphatic rings. The molecule has 1 aromatic heterocycles. The summed E-state index contributed by atoms with van der Waals surface area (Å²) in [5.74, 6) is 0.860. The lowest BCUT2D eigenvalue weighted by atomic mass is 9.93. The minimum atomic E-state index is -0.872. The Bertz CT molecular complexity index is 700. The summed E-state index contributed by atoms with van der Waals surface area (Å²) in [5, 5.41) is 3.81. The van der Waals surface area contributed by atoms with E-state index in [0.29, 0.717) is 23.8 Å². The van der Waals surface area contributed by atoms with Crippen LogP contribution >= 0.6 is 0 Å². The predicted molar refractivity (Wildman–Crippen MR) is 91.8 cm³/mol. The second-order valence-corrected chi connectivity index (χ2v) is 6.20. The van der Waals surface area contributed by atoms with Crippen LogP contribution < -0.4 is 10.1 Å². The molecule has 0 unspecified atom stereocenters. The molecule has 0 saturated carbocycles. The number of amides is 1. The highest BCUT2D eigenvalue weighted by Crippen LogP contribution is 2.31. The Morgan fingerprint density at radius 3 is 2.65 bits per heavy atom. The van der Waals surface area contributed by atoms with E-state index in [1.807, 2.05) is 25.1 Å². The molecule has 0 fully saturated rings. The number of ether oxygens (including phenoxy) is 2. The van der Waals surface area contributed by atoms with E-state index in [4.69, 9.17) is 9.47 Å². The fourth-order valence-corrected chi connectivity index (χ4v) is 2.72. The van der Waals surface area contributed by atoms with Crippen LogP contribution in [0.5, 0.6) is 5.75 Å². The fourth-order valence-electron chi connectivity index (χ4n) is 2.72. The SMILES string of the molecule is COc1ccc(NC(=O)[C@](C)(CC(C)C)OC)c2cccnc12. The molecule has 2 aromatic rings. The van der Waals surface area contributed by atoms with E-state index in [0.717, 1.165) is 10.9 Å². The largest absolute Gasteiger partial charge is 0.494 e. The van der Waals surface area contributed by atoms with Gasteiger partial charge < -0.3 is 14.8 Å². The van der Waals surface area contributed by atoms with Crippen LogP contribution in [0.25, 0.3) is 10.9 Å². The van der Waals surface area contributed by atoms with E-state index >= 15 is 0 Å². The Hall–Kier alpha value is -2.14. The quantitative estimate of drug-likeness (QED) is 0.884. The van der Waals surface area contributed by atoms with Gasteiger partial charge in [-0.2, -0.15) is 0 Å². The molecule has 5 nitrogen and oxygen atoms in total. The molecule has 1 atom stereocenters. The third-order valence-electron chi connectivity index (χ3n) is 3.93. The van der Waals surface area contributed by atoms with Crippen LogP contribution in [-0.2, 0) is 9.53 Å². The first kappa shape index (κ1) is 17.2. The molecule has 23 heavy (non-hydrogen) atoms. The van der Waals surface area contributed by atoms with Gasteiger partial charge in [0, 0.05) is 18.7 Å². The predicted octanol–water partition coefficient (Wildman–Crippen LogP) is 3.63. The Morgan fingerprint density at radius 2 is 2.04 bits per heavy atom. The summed E-state index contributed by atoms with van der Waals surface area (Å²) >= 11 is 0. The summed E-state index contributed by atoms with van der Waals surface area (Å²) < 4.78 is 10.8. The van der Waals surface area contributed by atoms with E-state index in [2.05, 4.69) is 24.1 Å². The van der Waals surface area contributed by atoms with Crippen molar-refractivity contribution in [1.29, 1.82) is 0 Å². The molecular weight excluding hydrogens is 292 g/mol. The van der Waals surface area contributed by atoms with Crippen LogP contribution in [-0.4, -0.2) is 30.7 Å². The minimum Gasteiger partial charge on any atom is -0.494 e. The Morgan fingerprint density at radius 1 is 1.30 bits per heavy atom. The number of rotatable bonds is 6. The van der Waals surface area contributed by atoms with Crippen molar-refractivity contribution in [2.24, 2.45) is 5.92 Å². The molecule has 0 aliphatic heterocycles. The molecule has 1 aromatic carbocycles. The van der Waals surface area contributed by atoms with Crippen molar-refractivity contribution in [2.45, 2.75) is 32.8 Å². The molecule has 0 radical (unpaired) electrons. The summed E-state index contributed by atoms with van der Waals surface area (Å²) in [4.78, 5) is 17.1. The van der Waals surface area contributed by atoms with Crippen molar-refractivity contribution < 1.29 is 14.3 Å². The van der Waals surface area contributed by atoms with Crippen molar-refractivity contribution in [3.05, 3.63) is 30.5 Å². The lowest BCUT2D eigenvalue weighted by Crippen LogP contribution is -2.43. The smallest absolute Gasteiger partial charge is 0.256 e. The van der Waals surface area contributed by atoms with Crippen molar-refractivity contribution >= 4 is 22.5 Å². The normalized spacial score (nSPS) is 13.8. The molecule has 0 saturated heterocycles. The van der Waals surface area contributed by atoms with E-state index in [-0.39, 0.29) is 5.91 Å². The molecule has 124 valence electrons. The summed E-state index contributed by atoms with van der Waals surface area (Å²) in [5.41, 5.74) is 0.546. The second kappa shape index (κ2) is 6.96. The van der Waals surface area contributed by atoms with Gasteiger partial charge in [0.2, 0.25) is 0 Å². The fraction of sp³-hybridized carbons (Fsp3) is 0.444. The van der Waals surface area contributed by atoms with Gasteiger partial charge in [-0.05, 0) is 43.5 Å². The van der Waals surface area contributed by atoms with Gasteiger partial charge in [-0.1, -0.05) is 13.8 Å². The highest BCUT2D eigenvalue weighted by atomic mass is 16.5. The van der Waals surface area contributed by atoms with Crippen LogP contribution in [0.1, 0.15) is 27.2 Å². The zero-order chi connectivity index (χ0) is 17.0. The van der Waals surface area contributed by atoms with Gasteiger partial charge in [0.25, 0.3) is 5.91 Å². The number of nitrogens with one attached hydrogen (secondary N) is 1. The number of carbonyl (C=O) groups excluding carboxylic acids is 1. The number of benzene rings is 1. The summed E-state index contributed by atoms with van der Waals surface area (Å²) in [6.45, 7) is 5.95. The average molecular weight is 316 g/mol. The molecule has 0 spiro atoms. The number of aromatic nitrogens is 1. The zero-order valence-corrected chi connectivity index (χ0v) is 14.3. The number of hydrogen-bond acceptors (Lipinski definition) is 4. The number of pyridine rings is 1. The monoisotopic (exact) mass is 316 g/mol. The second-order valence-electron chi connectivity index (χ2n) is 6.20. The third kappa shape index (κ3) is 3.62. The summed E-state index contributed by atoms with van der Waals surface area (Å²) in [7, 11) is 3.17. The number of fused-ring (bicyclic) bond motifs is 1. The van der Waals surface area contributed by atoms with E-state index in [9.17, 15) is 4.79 Å². The standard InChI is InChI=1S/C18H24N2O3/c1-12(2)11-18(3,23-5)17(21)20-14-8-9-15(22-4)16-13(14)7-6-10-19-16/h6-10,12H,11H2,1-5H3,(H,20,21)/t18-/m0/s1. The van der Waals surface area contributed by atoms with Crippen molar-refractivity contribution in [2.75, 3.05) is 19.5 Å². The number of methoxy groups -OCH3 is 2. The molecule has 1 heterocycles. The lowest BCUT2D eigenvalue weighted by Gasteiger charge is -2.28. The van der Waals surface area contributed by atoms with E-state index in [1.54, 1.807) is 26.5 Å². The molecule has 0 aliphatic carbocycles. The Balaban J connectivity index is 2.37. The van der Waals surface area contributed by atoms with Crippen molar-refractivity contribution in [3.63, 3.8) is 0 Å².